The van der Waals surface area contributed by atoms with Crippen LogP contribution in [0.5, 0.6) is 11.5 Å². The van der Waals surface area contributed by atoms with Crippen LogP contribution in [0.4, 0.5) is 14.5 Å². The molecule has 0 saturated heterocycles. The van der Waals surface area contributed by atoms with Crippen molar-refractivity contribution < 1.29 is 32.6 Å². The lowest BCUT2D eigenvalue weighted by atomic mass is 9.89. The van der Waals surface area contributed by atoms with E-state index in [-0.39, 0.29) is 47.4 Å². The van der Waals surface area contributed by atoms with Crippen molar-refractivity contribution in [3.63, 3.8) is 0 Å². The smallest absolute Gasteiger partial charge is 0.387 e. The molecule has 11 heteroatoms. The topological polar surface area (TPSA) is 97.3 Å². The molecule has 0 saturated carbocycles. The molecule has 1 N–H and O–H groups in total. The second kappa shape index (κ2) is 18.1. The lowest BCUT2D eigenvalue weighted by Gasteiger charge is -2.29. The van der Waals surface area contributed by atoms with Gasteiger partial charge in [-0.2, -0.15) is 13.9 Å². The number of rotatable bonds is 14. The summed E-state index contributed by atoms with van der Waals surface area (Å²) in [6.45, 7) is 3.27. The average molecular weight is 608 g/mol. The number of alkyl halides is 2. The summed E-state index contributed by atoms with van der Waals surface area (Å²) in [7, 11) is 1.38. The second-order valence-corrected chi connectivity index (χ2v) is 10.2. The van der Waals surface area contributed by atoms with Gasteiger partial charge in [0.05, 0.1) is 19.4 Å². The van der Waals surface area contributed by atoms with Gasteiger partial charge in [0.15, 0.2) is 11.5 Å². The molecule has 2 aromatic carbocycles. The molecule has 0 aliphatic carbocycles. The van der Waals surface area contributed by atoms with Crippen LogP contribution in [0.25, 0.3) is 0 Å². The number of hydrogen-bond acceptors (Lipinski definition) is 6. The summed E-state index contributed by atoms with van der Waals surface area (Å²) in [5.74, 6) is -0.186. The van der Waals surface area contributed by atoms with E-state index >= 15 is 0 Å². The van der Waals surface area contributed by atoms with Crippen LogP contribution in [0.1, 0.15) is 83.3 Å². The first-order valence-electron chi connectivity index (χ1n) is 14.2. The number of hydrogen-bond donors (Lipinski definition) is 1. The molecule has 42 heavy (non-hydrogen) atoms. The van der Waals surface area contributed by atoms with Gasteiger partial charge in [-0.05, 0) is 66.8 Å². The van der Waals surface area contributed by atoms with Crippen molar-refractivity contribution >= 4 is 40.1 Å². The molecular formula is C31H40ClF2N3O5. The fraction of sp³-hybridized carbons (Fsp3) is 0.484. The molecule has 3 rings (SSSR count). The molecule has 2 amide bonds. The maximum atomic E-state index is 12.9. The standard InChI is InChI=1S/C26H31F2N3O4.C5H9ClO/c1-4-6-7-23(32)29-20-11-8-17(9-12-20)16-31-24(33)15-18(5-2)25(30-31)19-10-13-21(34-3)22(14-19)35-26(27)28;1-2-3-4-5(6)7/h8-14,18,26H,4-7,15-16H2,1-3H3,(H,29,32);2-4H2,1H3. The summed E-state index contributed by atoms with van der Waals surface area (Å²) < 4.78 is 35.5. The lowest BCUT2D eigenvalue weighted by molar-refractivity contribution is -0.133. The Hall–Kier alpha value is -3.53. The van der Waals surface area contributed by atoms with E-state index in [0.717, 1.165) is 31.2 Å². The molecule has 1 aliphatic heterocycles. The van der Waals surface area contributed by atoms with Crippen molar-refractivity contribution in [1.82, 2.24) is 5.01 Å². The molecular weight excluding hydrogens is 568 g/mol. The average Bonchev–Trinajstić information content (AvgIpc) is 2.96. The minimum atomic E-state index is -2.99. The van der Waals surface area contributed by atoms with Crippen molar-refractivity contribution in [2.45, 2.75) is 85.3 Å². The molecule has 0 spiro atoms. The highest BCUT2D eigenvalue weighted by molar-refractivity contribution is 6.63. The third-order valence-corrected chi connectivity index (χ3v) is 6.74. The van der Waals surface area contributed by atoms with Gasteiger partial charge < -0.3 is 14.8 Å². The first kappa shape index (κ1) is 34.7. The molecule has 1 aliphatic rings. The number of nitrogens with zero attached hydrogens (tertiary/aromatic N) is 2. The van der Waals surface area contributed by atoms with E-state index in [1.165, 1.54) is 18.2 Å². The number of hydrazone groups is 1. The highest BCUT2D eigenvalue weighted by Crippen LogP contribution is 2.33. The molecule has 1 heterocycles. The molecule has 0 fully saturated rings. The third-order valence-electron chi connectivity index (χ3n) is 6.55. The van der Waals surface area contributed by atoms with Crippen molar-refractivity contribution in [1.29, 1.82) is 0 Å². The Bertz CT molecular complexity index is 1210. The largest absolute Gasteiger partial charge is 0.493 e. The van der Waals surface area contributed by atoms with Gasteiger partial charge in [-0.25, -0.2) is 5.01 Å². The van der Waals surface area contributed by atoms with Gasteiger partial charge in [0, 0.05) is 36.4 Å². The Balaban J connectivity index is 0.000000782. The Kier molecular flexibility index (Phi) is 14.9. The van der Waals surface area contributed by atoms with E-state index < -0.39 is 6.61 Å². The molecule has 1 atom stereocenters. The number of methoxy groups -OCH3 is 1. The van der Waals surface area contributed by atoms with Crippen molar-refractivity contribution in [2.75, 3.05) is 12.4 Å². The van der Waals surface area contributed by atoms with E-state index in [2.05, 4.69) is 15.2 Å². The summed E-state index contributed by atoms with van der Waals surface area (Å²) in [6.07, 6.45) is 5.68. The van der Waals surface area contributed by atoms with Gasteiger partial charge in [-0.15, -0.1) is 0 Å². The quantitative estimate of drug-likeness (QED) is 0.224. The molecule has 0 bridgehead atoms. The molecule has 1 unspecified atom stereocenters. The Morgan fingerprint density at radius 1 is 1.05 bits per heavy atom. The Labute approximate surface area is 251 Å². The number of benzene rings is 2. The van der Waals surface area contributed by atoms with E-state index in [1.54, 1.807) is 24.3 Å². The zero-order valence-electron chi connectivity index (χ0n) is 24.6. The lowest BCUT2D eigenvalue weighted by Crippen LogP contribution is -2.36. The number of ether oxygens (including phenoxy) is 2. The normalized spacial score (nSPS) is 14.6. The van der Waals surface area contributed by atoms with Gasteiger partial charge in [0.1, 0.15) is 0 Å². The summed E-state index contributed by atoms with van der Waals surface area (Å²) in [4.78, 5) is 34.7. The van der Waals surface area contributed by atoms with Crippen LogP contribution in [-0.2, 0) is 20.9 Å². The number of anilines is 1. The zero-order valence-corrected chi connectivity index (χ0v) is 25.4. The SMILES string of the molecule is CCCCC(=O)Cl.CCCCC(=O)Nc1ccc(CN2N=C(c3ccc(OC)c(OC(F)F)c3)C(CC)CC2=O)cc1. The van der Waals surface area contributed by atoms with Crippen LogP contribution in [0.2, 0.25) is 0 Å². The van der Waals surface area contributed by atoms with Gasteiger partial charge in [0.2, 0.25) is 17.1 Å². The van der Waals surface area contributed by atoms with E-state index in [9.17, 15) is 23.2 Å². The highest BCUT2D eigenvalue weighted by Gasteiger charge is 2.30. The molecule has 0 radical (unpaired) electrons. The van der Waals surface area contributed by atoms with Gasteiger partial charge in [0.25, 0.3) is 0 Å². The van der Waals surface area contributed by atoms with E-state index in [0.29, 0.717) is 36.2 Å². The van der Waals surface area contributed by atoms with Gasteiger partial charge in [-0.3, -0.25) is 14.4 Å². The van der Waals surface area contributed by atoms with Crippen LogP contribution >= 0.6 is 11.6 Å². The first-order valence-corrected chi connectivity index (χ1v) is 14.6. The van der Waals surface area contributed by atoms with Crippen LogP contribution in [0, 0.1) is 5.92 Å². The monoisotopic (exact) mass is 607 g/mol. The predicted octanol–water partition coefficient (Wildman–Crippen LogP) is 7.53. The van der Waals surface area contributed by atoms with Gasteiger partial charge in [-0.1, -0.05) is 45.7 Å². The van der Waals surface area contributed by atoms with E-state index in [1.807, 2.05) is 32.9 Å². The predicted molar refractivity (Wildman–Crippen MR) is 160 cm³/mol. The number of nitrogens with one attached hydrogen (secondary N) is 1. The Morgan fingerprint density at radius 2 is 1.71 bits per heavy atom. The maximum absolute atomic E-state index is 12.9. The number of halogens is 3. The highest BCUT2D eigenvalue weighted by atomic mass is 35.5. The second-order valence-electron chi connectivity index (χ2n) is 9.80. The summed E-state index contributed by atoms with van der Waals surface area (Å²) in [5.41, 5.74) is 2.77. The van der Waals surface area contributed by atoms with Crippen LogP contribution < -0.4 is 14.8 Å². The first-order chi connectivity index (χ1) is 20.1. The minimum Gasteiger partial charge on any atom is -0.493 e. The van der Waals surface area contributed by atoms with Crippen LogP contribution in [0.3, 0.4) is 0 Å². The third kappa shape index (κ3) is 11.4. The fourth-order valence-electron chi connectivity index (χ4n) is 4.20. The molecule has 0 aromatic heterocycles. The molecule has 230 valence electrons. The van der Waals surface area contributed by atoms with Crippen molar-refractivity contribution in [3.05, 3.63) is 53.6 Å². The number of carbonyl (C=O) groups excluding carboxylic acids is 3. The van der Waals surface area contributed by atoms with Crippen LogP contribution in [-0.4, -0.2) is 41.5 Å². The van der Waals surface area contributed by atoms with Crippen molar-refractivity contribution in [2.24, 2.45) is 11.0 Å². The summed E-state index contributed by atoms with van der Waals surface area (Å²) in [6, 6.07) is 12.0. The van der Waals surface area contributed by atoms with Crippen LogP contribution in [0.15, 0.2) is 47.6 Å². The Morgan fingerprint density at radius 3 is 2.26 bits per heavy atom. The molecule has 8 nitrogen and oxygen atoms in total. The number of amides is 2. The zero-order chi connectivity index (χ0) is 31.1. The fourth-order valence-corrected chi connectivity index (χ4v) is 4.34. The van der Waals surface area contributed by atoms with E-state index in [4.69, 9.17) is 16.3 Å². The number of unbranched alkanes of at least 4 members (excludes halogenated alkanes) is 2. The van der Waals surface area contributed by atoms with Crippen molar-refractivity contribution in [3.8, 4) is 11.5 Å². The summed E-state index contributed by atoms with van der Waals surface area (Å²) >= 11 is 5.02. The maximum Gasteiger partial charge on any atom is 0.387 e. The minimum absolute atomic E-state index is 0.0275. The van der Waals surface area contributed by atoms with Gasteiger partial charge >= 0.3 is 6.61 Å². The number of carbonyl (C=O) groups is 3. The summed E-state index contributed by atoms with van der Waals surface area (Å²) in [5, 5.41) is 8.65. The molecule has 2 aromatic rings.